The second-order valence-corrected chi connectivity index (χ2v) is 13.6. The highest BCUT2D eigenvalue weighted by Crippen LogP contribution is 2.31. The number of benzene rings is 2. The first-order chi connectivity index (χ1) is 21.7. The molecule has 1 atom stereocenters. The summed E-state index contributed by atoms with van der Waals surface area (Å²) in [6, 6.07) is 11.0. The number of nitrogens with zero attached hydrogens (tertiary/aromatic N) is 4. The zero-order valence-electron chi connectivity index (χ0n) is 25.9. The summed E-state index contributed by atoms with van der Waals surface area (Å²) in [5, 5.41) is -0.117. The first kappa shape index (κ1) is 32.8. The van der Waals surface area contributed by atoms with Gasteiger partial charge in [-0.15, -0.1) is 0 Å². The Balaban J connectivity index is 1.34. The predicted molar refractivity (Wildman–Crippen MR) is 169 cm³/mol. The van der Waals surface area contributed by atoms with Gasteiger partial charge in [0.25, 0.3) is 10.0 Å². The molecule has 1 aliphatic rings. The lowest BCUT2D eigenvalue weighted by molar-refractivity contribution is 0.0170. The van der Waals surface area contributed by atoms with E-state index in [1.807, 2.05) is 13.8 Å². The maximum atomic E-state index is 14.1. The van der Waals surface area contributed by atoms with Gasteiger partial charge >= 0.3 is 0 Å². The van der Waals surface area contributed by atoms with Gasteiger partial charge in [-0.1, -0.05) is 0 Å². The van der Waals surface area contributed by atoms with E-state index in [0.717, 1.165) is 47.9 Å². The zero-order valence-corrected chi connectivity index (χ0v) is 27.5. The molecule has 1 saturated heterocycles. The summed E-state index contributed by atoms with van der Waals surface area (Å²) in [5.41, 5.74) is 2.71. The summed E-state index contributed by atoms with van der Waals surface area (Å²) in [5.74, 6) is 1.53. The molecule has 3 heterocycles. The van der Waals surface area contributed by atoms with Crippen molar-refractivity contribution in [3.63, 3.8) is 0 Å². The number of rotatable bonds is 14. The van der Waals surface area contributed by atoms with Gasteiger partial charge in [0.2, 0.25) is 5.16 Å². The summed E-state index contributed by atoms with van der Waals surface area (Å²) in [7, 11) is -3.07. The Bertz CT molecular complexity index is 1750. The van der Waals surface area contributed by atoms with E-state index < -0.39 is 20.8 Å². The van der Waals surface area contributed by atoms with E-state index in [1.54, 1.807) is 43.6 Å². The lowest BCUT2D eigenvalue weighted by atomic mass is 10.1. The van der Waals surface area contributed by atoms with Gasteiger partial charge < -0.3 is 23.7 Å². The smallest absolute Gasteiger partial charge is 0.270 e. The molecule has 12 nitrogen and oxygen atoms in total. The van der Waals surface area contributed by atoms with Crippen LogP contribution in [0.3, 0.4) is 0 Å². The number of aromatic nitrogens is 3. The van der Waals surface area contributed by atoms with Crippen LogP contribution in [0.1, 0.15) is 16.8 Å². The predicted octanol–water partition coefficient (Wildman–Crippen LogP) is 3.34. The minimum absolute atomic E-state index is 0.0108. The fraction of sp³-hybridized carbons (Fsp3) is 0.419. The zero-order chi connectivity index (χ0) is 32.0. The molecular weight excluding hydrogens is 620 g/mol. The lowest BCUT2D eigenvalue weighted by Gasteiger charge is -2.26. The molecule has 0 radical (unpaired) electrons. The van der Waals surface area contributed by atoms with Crippen LogP contribution in [0, 0.1) is 13.8 Å². The first-order valence-electron chi connectivity index (χ1n) is 14.5. The number of morpholine rings is 1. The Morgan fingerprint density at radius 1 is 0.956 bits per heavy atom. The molecule has 45 heavy (non-hydrogen) atoms. The van der Waals surface area contributed by atoms with Gasteiger partial charge in [-0.25, -0.2) is 17.4 Å². The summed E-state index contributed by atoms with van der Waals surface area (Å²) in [6.45, 7) is 9.19. The van der Waals surface area contributed by atoms with E-state index in [1.165, 1.54) is 19.2 Å². The molecule has 2 aromatic heterocycles. The van der Waals surface area contributed by atoms with Crippen LogP contribution in [0.25, 0.3) is 11.0 Å². The molecule has 14 heteroatoms. The van der Waals surface area contributed by atoms with Crippen LogP contribution in [0.2, 0.25) is 0 Å². The number of pyridine rings is 1. The largest absolute Gasteiger partial charge is 0.497 e. The van der Waals surface area contributed by atoms with Crippen molar-refractivity contribution < 1.29 is 36.3 Å². The van der Waals surface area contributed by atoms with Gasteiger partial charge in [-0.2, -0.15) is 0 Å². The normalized spacial score (nSPS) is 14.8. The number of methoxy groups -OCH3 is 2. The van der Waals surface area contributed by atoms with Crippen LogP contribution >= 0.6 is 0 Å². The number of hydrogen-bond donors (Lipinski definition) is 0. The quantitative estimate of drug-likeness (QED) is 0.185. The third-order valence-electron chi connectivity index (χ3n) is 7.53. The minimum Gasteiger partial charge on any atom is -0.497 e. The Labute approximate surface area is 265 Å². The van der Waals surface area contributed by atoms with Crippen LogP contribution in [0.4, 0.5) is 0 Å². The van der Waals surface area contributed by atoms with E-state index in [-0.39, 0.29) is 21.3 Å². The van der Waals surface area contributed by atoms with Gasteiger partial charge in [0.1, 0.15) is 23.9 Å². The van der Waals surface area contributed by atoms with Crippen molar-refractivity contribution in [2.24, 2.45) is 0 Å². The monoisotopic (exact) mass is 658 g/mol. The molecule has 0 N–H and O–H groups in total. The SMILES string of the molecule is COc1ccc2nc(S(=O)Cc3ncc(C)c(OC)c3C)n(S(=O)(=O)c3ccc(OCCOCCN4CCOCC4)cc3)c2c1. The molecule has 0 bridgehead atoms. The molecule has 1 fully saturated rings. The van der Waals surface area contributed by atoms with Gasteiger partial charge in [0.15, 0.2) is 0 Å². The van der Waals surface area contributed by atoms with Crippen molar-refractivity contribution in [1.29, 1.82) is 0 Å². The number of hydrogen-bond acceptors (Lipinski definition) is 11. The Morgan fingerprint density at radius 2 is 1.69 bits per heavy atom. The van der Waals surface area contributed by atoms with E-state index in [2.05, 4.69) is 14.9 Å². The molecule has 2 aromatic carbocycles. The number of imidazole rings is 1. The molecule has 1 unspecified atom stereocenters. The third-order valence-corrected chi connectivity index (χ3v) is 10.6. The van der Waals surface area contributed by atoms with Crippen molar-refractivity contribution in [1.82, 2.24) is 18.8 Å². The Morgan fingerprint density at radius 3 is 2.40 bits per heavy atom. The highest BCUT2D eigenvalue weighted by atomic mass is 32.2. The van der Waals surface area contributed by atoms with Crippen LogP contribution in [0.5, 0.6) is 17.2 Å². The highest BCUT2D eigenvalue weighted by molar-refractivity contribution is 7.91. The van der Waals surface area contributed by atoms with E-state index >= 15 is 0 Å². The van der Waals surface area contributed by atoms with Crippen molar-refractivity contribution in [3.8, 4) is 17.2 Å². The fourth-order valence-corrected chi connectivity index (χ4v) is 8.11. The van der Waals surface area contributed by atoms with Crippen LogP contribution < -0.4 is 14.2 Å². The van der Waals surface area contributed by atoms with E-state index in [0.29, 0.717) is 48.3 Å². The highest BCUT2D eigenvalue weighted by Gasteiger charge is 2.29. The van der Waals surface area contributed by atoms with Crippen molar-refractivity contribution in [3.05, 3.63) is 65.5 Å². The maximum absolute atomic E-state index is 14.1. The van der Waals surface area contributed by atoms with Crippen molar-refractivity contribution in [2.75, 3.05) is 66.9 Å². The molecule has 0 spiro atoms. The number of aryl methyl sites for hydroxylation is 1. The third kappa shape index (κ3) is 7.47. The standard InChI is InChI=1S/C31H38N4O8S2/c1-22-20-32-28(23(2)30(22)40-4)21-44(36)31-33-27-10-7-25(39-3)19-29(27)35(31)45(37,38)26-8-5-24(6-9-26)43-18-17-42-16-13-34-11-14-41-15-12-34/h5-10,19-20H,11-18,21H2,1-4H3. The molecule has 0 aliphatic carbocycles. The summed E-state index contributed by atoms with van der Waals surface area (Å²) in [6.07, 6.45) is 1.64. The lowest BCUT2D eigenvalue weighted by Crippen LogP contribution is -2.38. The topological polar surface area (TPSA) is 131 Å². The summed E-state index contributed by atoms with van der Waals surface area (Å²) < 4.78 is 70.7. The Hall–Kier alpha value is -3.56. The van der Waals surface area contributed by atoms with Crippen molar-refractivity contribution in [2.45, 2.75) is 29.7 Å². The second kappa shape index (κ2) is 14.7. The molecule has 4 aromatic rings. The van der Waals surface area contributed by atoms with Crippen LogP contribution in [-0.4, -0.2) is 98.4 Å². The second-order valence-electron chi connectivity index (χ2n) is 10.4. The summed E-state index contributed by atoms with van der Waals surface area (Å²) >= 11 is 0. The van der Waals surface area contributed by atoms with E-state index in [9.17, 15) is 12.6 Å². The molecule has 1 aliphatic heterocycles. The van der Waals surface area contributed by atoms with E-state index in [4.69, 9.17) is 23.7 Å². The average molecular weight is 659 g/mol. The fourth-order valence-electron chi connectivity index (χ4n) is 5.07. The Kier molecular flexibility index (Phi) is 10.7. The van der Waals surface area contributed by atoms with Gasteiger partial charge in [-0.3, -0.25) is 14.1 Å². The average Bonchev–Trinajstić information content (AvgIpc) is 3.45. The maximum Gasteiger partial charge on any atom is 0.270 e. The molecule has 5 rings (SSSR count). The molecule has 0 saturated carbocycles. The van der Waals surface area contributed by atoms with Crippen LogP contribution in [-0.2, 0) is 36.0 Å². The van der Waals surface area contributed by atoms with Crippen molar-refractivity contribution >= 4 is 31.9 Å². The molecule has 0 amide bonds. The first-order valence-corrected chi connectivity index (χ1v) is 17.3. The molecule has 242 valence electrons. The van der Waals surface area contributed by atoms with Gasteiger partial charge in [0.05, 0.1) is 78.8 Å². The number of ether oxygens (including phenoxy) is 5. The van der Waals surface area contributed by atoms with Gasteiger partial charge in [0, 0.05) is 43.0 Å². The summed E-state index contributed by atoms with van der Waals surface area (Å²) in [4.78, 5) is 11.2. The number of fused-ring (bicyclic) bond motifs is 1. The van der Waals surface area contributed by atoms with Crippen LogP contribution in [0.15, 0.2) is 58.7 Å². The molecular formula is C31H38N4O8S2. The minimum atomic E-state index is -4.24. The van der Waals surface area contributed by atoms with Gasteiger partial charge in [-0.05, 0) is 50.2 Å².